The Balaban J connectivity index is 1.69. The molecule has 4 nitrogen and oxygen atoms in total. The largest absolute Gasteiger partial charge is 0.497 e. The third-order valence-corrected chi connectivity index (χ3v) is 6.72. The maximum atomic E-state index is 12.8. The van der Waals surface area contributed by atoms with Crippen LogP contribution in [0, 0.1) is 17.3 Å². The van der Waals surface area contributed by atoms with Crippen molar-refractivity contribution in [2.24, 2.45) is 22.4 Å². The summed E-state index contributed by atoms with van der Waals surface area (Å²) in [6.45, 7) is 2.15. The molecule has 0 spiro atoms. The van der Waals surface area contributed by atoms with E-state index in [2.05, 4.69) is 30.3 Å². The number of ether oxygens (including phenoxy) is 1. The summed E-state index contributed by atoms with van der Waals surface area (Å²) in [5.74, 6) is 2.69. The van der Waals surface area contributed by atoms with Gasteiger partial charge in [0.15, 0.2) is 5.78 Å². The second-order valence-electron chi connectivity index (χ2n) is 7.69. The number of fused-ring (bicyclic) bond motifs is 5. The van der Waals surface area contributed by atoms with Gasteiger partial charge in [0.2, 0.25) is 0 Å². The molecule has 4 heteroatoms. The maximum absolute atomic E-state index is 12.8. The summed E-state index contributed by atoms with van der Waals surface area (Å²) in [7, 11) is 3.25. The van der Waals surface area contributed by atoms with Crippen LogP contribution >= 0.6 is 0 Å². The predicted molar refractivity (Wildman–Crippen MR) is 92.4 cm³/mol. The monoisotopic (exact) mass is 327 g/mol. The zero-order valence-electron chi connectivity index (χ0n) is 14.7. The number of Topliss-reactive ketones (excluding diaryl/α,β-unsaturated/α-hetero) is 1. The number of aryl methyl sites for hydroxylation is 1. The number of methoxy groups -OCH3 is 1. The Hall–Kier alpha value is -1.84. The number of carbonyl (C=O) groups excluding carboxylic acids is 1. The molecule has 1 aromatic rings. The molecule has 2 saturated carbocycles. The number of ketones is 1. The summed E-state index contributed by atoms with van der Waals surface area (Å²) >= 11 is 0. The highest BCUT2D eigenvalue weighted by Gasteiger charge is 2.57. The van der Waals surface area contributed by atoms with Gasteiger partial charge in [0.05, 0.1) is 7.11 Å². The molecule has 2 fully saturated rings. The van der Waals surface area contributed by atoms with E-state index in [1.54, 1.807) is 7.11 Å². The van der Waals surface area contributed by atoms with Crippen LogP contribution in [0.15, 0.2) is 23.4 Å². The molecule has 4 rings (SSSR count). The van der Waals surface area contributed by atoms with Crippen LogP contribution in [0.2, 0.25) is 0 Å². The van der Waals surface area contributed by atoms with Crippen LogP contribution in [0.5, 0.6) is 5.75 Å². The number of oxime groups is 1. The van der Waals surface area contributed by atoms with Crippen molar-refractivity contribution in [1.82, 2.24) is 0 Å². The van der Waals surface area contributed by atoms with Crippen molar-refractivity contribution in [3.05, 3.63) is 29.3 Å². The van der Waals surface area contributed by atoms with E-state index in [-0.39, 0.29) is 11.2 Å². The van der Waals surface area contributed by atoms with Gasteiger partial charge >= 0.3 is 0 Å². The zero-order chi connectivity index (χ0) is 16.9. The molecular formula is C20H25NO3. The van der Waals surface area contributed by atoms with Crippen LogP contribution < -0.4 is 4.74 Å². The van der Waals surface area contributed by atoms with Gasteiger partial charge in [-0.25, -0.2) is 0 Å². The highest BCUT2D eigenvalue weighted by Crippen LogP contribution is 2.59. The van der Waals surface area contributed by atoms with Gasteiger partial charge in [-0.05, 0) is 66.7 Å². The van der Waals surface area contributed by atoms with Crippen LogP contribution in [0.3, 0.4) is 0 Å². The van der Waals surface area contributed by atoms with Crippen molar-refractivity contribution in [2.75, 3.05) is 14.2 Å². The van der Waals surface area contributed by atoms with E-state index >= 15 is 0 Å². The minimum Gasteiger partial charge on any atom is -0.497 e. The maximum Gasteiger partial charge on any atom is 0.186 e. The minimum absolute atomic E-state index is 0.216. The van der Waals surface area contributed by atoms with E-state index in [9.17, 15) is 4.79 Å². The van der Waals surface area contributed by atoms with Gasteiger partial charge < -0.3 is 9.57 Å². The highest BCUT2D eigenvalue weighted by atomic mass is 16.6. The second-order valence-corrected chi connectivity index (χ2v) is 7.69. The Labute approximate surface area is 143 Å². The summed E-state index contributed by atoms with van der Waals surface area (Å²) < 4.78 is 5.38. The molecular weight excluding hydrogens is 302 g/mol. The quantitative estimate of drug-likeness (QED) is 0.778. The fourth-order valence-corrected chi connectivity index (χ4v) is 5.48. The Kier molecular flexibility index (Phi) is 3.66. The van der Waals surface area contributed by atoms with E-state index in [1.165, 1.54) is 18.2 Å². The first-order chi connectivity index (χ1) is 11.6. The summed E-state index contributed by atoms with van der Waals surface area (Å²) in [5, 5.41) is 4.03. The van der Waals surface area contributed by atoms with E-state index < -0.39 is 0 Å². The minimum atomic E-state index is -0.248. The number of hydrogen-bond donors (Lipinski definition) is 0. The third kappa shape index (κ3) is 2.11. The first-order valence-corrected chi connectivity index (χ1v) is 8.90. The molecule has 0 aliphatic heterocycles. The molecule has 24 heavy (non-hydrogen) atoms. The van der Waals surface area contributed by atoms with Crippen molar-refractivity contribution in [3.8, 4) is 5.75 Å². The lowest BCUT2D eigenvalue weighted by molar-refractivity contribution is -0.125. The Morgan fingerprint density at radius 3 is 2.83 bits per heavy atom. The Bertz CT molecular complexity index is 711. The van der Waals surface area contributed by atoms with Crippen molar-refractivity contribution in [3.63, 3.8) is 0 Å². The fraction of sp³-hybridized carbons (Fsp3) is 0.600. The topological polar surface area (TPSA) is 47.9 Å². The molecule has 0 bridgehead atoms. The molecule has 3 aliphatic carbocycles. The number of hydrogen-bond acceptors (Lipinski definition) is 4. The van der Waals surface area contributed by atoms with Crippen LogP contribution in [0.25, 0.3) is 0 Å². The first-order valence-electron chi connectivity index (χ1n) is 8.90. The summed E-state index contributed by atoms with van der Waals surface area (Å²) in [6, 6.07) is 6.51. The smallest absolute Gasteiger partial charge is 0.186 e. The molecule has 0 saturated heterocycles. The molecule has 0 amide bonds. The van der Waals surface area contributed by atoms with Gasteiger partial charge in [-0.15, -0.1) is 0 Å². The van der Waals surface area contributed by atoms with Crippen molar-refractivity contribution in [2.45, 2.75) is 44.9 Å². The van der Waals surface area contributed by atoms with Crippen LogP contribution in [-0.4, -0.2) is 25.7 Å². The molecule has 0 heterocycles. The second kappa shape index (κ2) is 5.61. The standard InChI is InChI=1S/C20H25NO3/c1-20-9-8-15-14-7-5-13(23-2)10-12(14)4-6-16(15)17(20)11-18(19(20)22)21-24-3/h5,7,10,15-17H,4,6,8-9,11H2,1-3H3/b21-18+/t15-,16-,17+,20-/m1/s1. The summed E-state index contributed by atoms with van der Waals surface area (Å²) in [5.41, 5.74) is 3.29. The van der Waals surface area contributed by atoms with Gasteiger partial charge in [-0.3, -0.25) is 4.79 Å². The number of rotatable bonds is 2. The lowest BCUT2D eigenvalue weighted by Gasteiger charge is -2.47. The molecule has 4 atom stereocenters. The average Bonchev–Trinajstić information content (AvgIpc) is 2.86. The molecule has 0 unspecified atom stereocenters. The molecule has 128 valence electrons. The SMILES string of the molecule is CO/N=C1\C[C@H]2[C@@H]3CCc4cc(OC)ccc4[C@H]3CC[C@@]2(C)C1=O. The molecule has 0 N–H and O–H groups in total. The average molecular weight is 327 g/mol. The fourth-order valence-electron chi connectivity index (χ4n) is 5.48. The lowest BCUT2D eigenvalue weighted by Crippen LogP contribution is -2.42. The molecule has 1 aromatic carbocycles. The van der Waals surface area contributed by atoms with Gasteiger partial charge in [0.1, 0.15) is 18.6 Å². The van der Waals surface area contributed by atoms with Crippen molar-refractivity contribution < 1.29 is 14.4 Å². The predicted octanol–water partition coefficient (Wildman–Crippen LogP) is 3.73. The molecule has 0 radical (unpaired) electrons. The normalized spacial score (nSPS) is 36.0. The third-order valence-electron chi connectivity index (χ3n) is 6.72. The van der Waals surface area contributed by atoms with Gasteiger partial charge in [-0.2, -0.15) is 0 Å². The number of benzene rings is 1. The zero-order valence-corrected chi connectivity index (χ0v) is 14.7. The van der Waals surface area contributed by atoms with Crippen LogP contribution in [0.1, 0.15) is 49.7 Å². The molecule has 0 aromatic heterocycles. The van der Waals surface area contributed by atoms with Gasteiger partial charge in [0, 0.05) is 11.8 Å². The van der Waals surface area contributed by atoms with Crippen molar-refractivity contribution in [1.29, 1.82) is 0 Å². The van der Waals surface area contributed by atoms with Crippen LogP contribution in [-0.2, 0) is 16.1 Å². The Morgan fingerprint density at radius 1 is 1.25 bits per heavy atom. The van der Waals surface area contributed by atoms with Crippen molar-refractivity contribution >= 4 is 11.5 Å². The Morgan fingerprint density at radius 2 is 2.08 bits per heavy atom. The molecule has 3 aliphatic rings. The van der Waals surface area contributed by atoms with E-state index in [1.807, 2.05) is 0 Å². The first kappa shape index (κ1) is 15.7. The van der Waals surface area contributed by atoms with E-state index in [4.69, 9.17) is 9.57 Å². The highest BCUT2D eigenvalue weighted by molar-refractivity contribution is 6.43. The number of nitrogens with zero attached hydrogens (tertiary/aromatic N) is 1. The van der Waals surface area contributed by atoms with E-state index in [0.29, 0.717) is 23.5 Å². The van der Waals surface area contributed by atoms with Gasteiger partial charge in [0.25, 0.3) is 0 Å². The summed E-state index contributed by atoms with van der Waals surface area (Å²) in [6.07, 6.45) is 5.04. The van der Waals surface area contributed by atoms with Gasteiger partial charge in [-0.1, -0.05) is 18.1 Å². The lowest BCUT2D eigenvalue weighted by atomic mass is 9.55. The summed E-state index contributed by atoms with van der Waals surface area (Å²) in [4.78, 5) is 17.7. The van der Waals surface area contributed by atoms with E-state index in [0.717, 1.165) is 37.9 Å². The van der Waals surface area contributed by atoms with Crippen LogP contribution in [0.4, 0.5) is 0 Å². The number of carbonyl (C=O) groups is 1.